The second-order valence-electron chi connectivity index (χ2n) is 6.44. The number of unbranched alkanes of at least 4 members (excludes halogenated alkanes) is 3. The van der Waals surface area contributed by atoms with Crippen molar-refractivity contribution in [1.29, 1.82) is 0 Å². The van der Waals surface area contributed by atoms with Crippen LogP contribution < -0.4 is 5.32 Å². The monoisotopic (exact) mass is 298 g/mol. The molecule has 1 rings (SSSR count). The molecule has 1 heterocycles. The van der Waals surface area contributed by atoms with Crippen LogP contribution in [0.1, 0.15) is 65.2 Å². The van der Waals surface area contributed by atoms with Gasteiger partial charge in [0.15, 0.2) is 0 Å². The van der Waals surface area contributed by atoms with Crippen LogP contribution in [0.2, 0.25) is 0 Å². The Kier molecular flexibility index (Phi) is 7.54. The molecular weight excluding hydrogens is 268 g/mol. The summed E-state index contributed by atoms with van der Waals surface area (Å²) < 4.78 is 0. The van der Waals surface area contributed by atoms with Gasteiger partial charge in [-0.25, -0.2) is 4.79 Å². The SMILES string of the molecule is CCC1(C)CCN(C(=O)NCCCCCCC(=O)O)CC1. The summed E-state index contributed by atoms with van der Waals surface area (Å²) >= 11 is 0. The van der Waals surface area contributed by atoms with Crippen molar-refractivity contribution in [3.63, 3.8) is 0 Å². The zero-order valence-corrected chi connectivity index (χ0v) is 13.5. The van der Waals surface area contributed by atoms with E-state index in [0.29, 0.717) is 12.0 Å². The summed E-state index contributed by atoms with van der Waals surface area (Å²) in [5, 5.41) is 11.5. The molecular formula is C16H30N2O3. The maximum Gasteiger partial charge on any atom is 0.317 e. The van der Waals surface area contributed by atoms with Crippen LogP contribution in [0.15, 0.2) is 0 Å². The molecule has 1 aliphatic rings. The van der Waals surface area contributed by atoms with Crippen LogP contribution in [0, 0.1) is 5.41 Å². The Labute approximate surface area is 128 Å². The number of urea groups is 1. The summed E-state index contributed by atoms with van der Waals surface area (Å²) in [6.07, 6.45) is 7.15. The Morgan fingerprint density at radius 3 is 2.33 bits per heavy atom. The molecule has 0 spiro atoms. The van der Waals surface area contributed by atoms with Crippen molar-refractivity contribution in [2.45, 2.75) is 65.2 Å². The van der Waals surface area contributed by atoms with Gasteiger partial charge in [0, 0.05) is 26.1 Å². The van der Waals surface area contributed by atoms with Crippen LogP contribution in [-0.2, 0) is 4.79 Å². The average molecular weight is 298 g/mol. The van der Waals surface area contributed by atoms with Gasteiger partial charge in [-0.3, -0.25) is 4.79 Å². The Hall–Kier alpha value is -1.26. The van der Waals surface area contributed by atoms with E-state index in [2.05, 4.69) is 19.2 Å². The van der Waals surface area contributed by atoms with Gasteiger partial charge in [-0.2, -0.15) is 0 Å². The third-order valence-electron chi connectivity index (χ3n) is 4.70. The summed E-state index contributed by atoms with van der Waals surface area (Å²) in [4.78, 5) is 24.3. The van der Waals surface area contributed by atoms with Crippen LogP contribution >= 0.6 is 0 Å². The summed E-state index contributed by atoms with van der Waals surface area (Å²) in [5.74, 6) is -0.729. The Morgan fingerprint density at radius 2 is 1.76 bits per heavy atom. The highest BCUT2D eigenvalue weighted by molar-refractivity contribution is 5.74. The molecule has 0 aromatic rings. The molecule has 0 radical (unpaired) electrons. The lowest BCUT2D eigenvalue weighted by atomic mass is 9.78. The van der Waals surface area contributed by atoms with E-state index < -0.39 is 5.97 Å². The highest BCUT2D eigenvalue weighted by Crippen LogP contribution is 2.33. The van der Waals surface area contributed by atoms with E-state index in [0.717, 1.165) is 51.6 Å². The Balaban J connectivity index is 2.05. The average Bonchev–Trinajstić information content (AvgIpc) is 2.46. The number of aliphatic carboxylic acids is 1. The summed E-state index contributed by atoms with van der Waals surface area (Å²) in [6.45, 7) is 6.93. The van der Waals surface area contributed by atoms with E-state index >= 15 is 0 Å². The number of amides is 2. The predicted octanol–water partition coefficient (Wildman–Crippen LogP) is 3.24. The van der Waals surface area contributed by atoms with Crippen LogP contribution in [0.4, 0.5) is 4.79 Å². The topological polar surface area (TPSA) is 69.6 Å². The zero-order chi connectivity index (χ0) is 15.7. The first-order valence-electron chi connectivity index (χ1n) is 8.21. The minimum absolute atomic E-state index is 0.0543. The van der Waals surface area contributed by atoms with E-state index in [9.17, 15) is 9.59 Å². The normalized spacial score (nSPS) is 17.5. The maximum absolute atomic E-state index is 12.0. The lowest BCUT2D eigenvalue weighted by Gasteiger charge is -2.38. The number of nitrogens with zero attached hydrogens (tertiary/aromatic N) is 1. The Morgan fingerprint density at radius 1 is 1.14 bits per heavy atom. The van der Waals surface area contributed by atoms with E-state index in [1.807, 2.05) is 4.90 Å². The molecule has 5 nitrogen and oxygen atoms in total. The third kappa shape index (κ3) is 6.82. The van der Waals surface area contributed by atoms with Crippen LogP contribution in [0.25, 0.3) is 0 Å². The molecule has 0 bridgehead atoms. The molecule has 1 fully saturated rings. The first-order valence-corrected chi connectivity index (χ1v) is 8.21. The van der Waals surface area contributed by atoms with Gasteiger partial charge in [0.2, 0.25) is 0 Å². The lowest BCUT2D eigenvalue weighted by Crippen LogP contribution is -2.46. The minimum Gasteiger partial charge on any atom is -0.481 e. The van der Waals surface area contributed by atoms with Crippen molar-refractivity contribution in [3.05, 3.63) is 0 Å². The number of nitrogens with one attached hydrogen (secondary N) is 1. The van der Waals surface area contributed by atoms with Crippen LogP contribution in [0.5, 0.6) is 0 Å². The van der Waals surface area contributed by atoms with E-state index in [1.54, 1.807) is 0 Å². The van der Waals surface area contributed by atoms with E-state index in [-0.39, 0.29) is 12.5 Å². The third-order valence-corrected chi connectivity index (χ3v) is 4.70. The van der Waals surface area contributed by atoms with Gasteiger partial charge in [0.05, 0.1) is 0 Å². The number of hydrogen-bond donors (Lipinski definition) is 2. The van der Waals surface area contributed by atoms with E-state index in [4.69, 9.17) is 5.11 Å². The molecule has 0 atom stereocenters. The fraction of sp³-hybridized carbons (Fsp3) is 0.875. The minimum atomic E-state index is -0.729. The summed E-state index contributed by atoms with van der Waals surface area (Å²) in [7, 11) is 0. The predicted molar refractivity (Wildman–Crippen MR) is 83.3 cm³/mol. The highest BCUT2D eigenvalue weighted by Gasteiger charge is 2.29. The molecule has 5 heteroatoms. The number of rotatable bonds is 8. The molecule has 122 valence electrons. The second-order valence-corrected chi connectivity index (χ2v) is 6.44. The fourth-order valence-corrected chi connectivity index (χ4v) is 2.67. The molecule has 2 N–H and O–H groups in total. The van der Waals surface area contributed by atoms with Gasteiger partial charge in [0.25, 0.3) is 0 Å². The molecule has 0 unspecified atom stereocenters. The van der Waals surface area contributed by atoms with Gasteiger partial charge < -0.3 is 15.3 Å². The van der Waals surface area contributed by atoms with Gasteiger partial charge in [-0.15, -0.1) is 0 Å². The summed E-state index contributed by atoms with van der Waals surface area (Å²) in [6, 6.07) is 0.0543. The van der Waals surface area contributed by atoms with Crippen molar-refractivity contribution in [3.8, 4) is 0 Å². The largest absolute Gasteiger partial charge is 0.481 e. The lowest BCUT2D eigenvalue weighted by molar-refractivity contribution is -0.137. The van der Waals surface area contributed by atoms with Crippen molar-refractivity contribution in [2.75, 3.05) is 19.6 Å². The van der Waals surface area contributed by atoms with Gasteiger partial charge >= 0.3 is 12.0 Å². The number of hydrogen-bond acceptors (Lipinski definition) is 2. The van der Waals surface area contributed by atoms with Gasteiger partial charge in [0.1, 0.15) is 0 Å². The zero-order valence-electron chi connectivity index (χ0n) is 13.5. The molecule has 1 saturated heterocycles. The molecule has 0 saturated carbocycles. The fourth-order valence-electron chi connectivity index (χ4n) is 2.67. The molecule has 0 aromatic carbocycles. The molecule has 2 amide bonds. The van der Waals surface area contributed by atoms with Crippen LogP contribution in [0.3, 0.4) is 0 Å². The van der Waals surface area contributed by atoms with Gasteiger partial charge in [-0.1, -0.05) is 33.1 Å². The molecule has 0 aliphatic carbocycles. The number of carboxylic acid groups (broad SMARTS) is 1. The first-order chi connectivity index (χ1) is 9.97. The molecule has 1 aliphatic heterocycles. The number of carboxylic acids is 1. The number of carbonyl (C=O) groups excluding carboxylic acids is 1. The summed E-state index contributed by atoms with van der Waals surface area (Å²) in [5.41, 5.74) is 0.404. The van der Waals surface area contributed by atoms with Crippen molar-refractivity contribution in [2.24, 2.45) is 5.41 Å². The number of carbonyl (C=O) groups is 2. The quantitative estimate of drug-likeness (QED) is 0.676. The molecule has 0 aromatic heterocycles. The van der Waals surface area contributed by atoms with E-state index in [1.165, 1.54) is 6.42 Å². The number of piperidine rings is 1. The van der Waals surface area contributed by atoms with Crippen molar-refractivity contribution in [1.82, 2.24) is 10.2 Å². The second kappa shape index (κ2) is 8.90. The van der Waals surface area contributed by atoms with Gasteiger partial charge in [-0.05, 0) is 31.1 Å². The molecule has 21 heavy (non-hydrogen) atoms. The highest BCUT2D eigenvalue weighted by atomic mass is 16.4. The van der Waals surface area contributed by atoms with Crippen LogP contribution in [-0.4, -0.2) is 41.6 Å². The Bertz CT molecular complexity index is 336. The maximum atomic E-state index is 12.0. The smallest absolute Gasteiger partial charge is 0.317 e. The number of likely N-dealkylation sites (tertiary alicyclic amines) is 1. The van der Waals surface area contributed by atoms with Crippen molar-refractivity contribution < 1.29 is 14.7 Å². The first kappa shape index (κ1) is 17.8. The van der Waals surface area contributed by atoms with Crippen molar-refractivity contribution >= 4 is 12.0 Å². The standard InChI is InChI=1S/C16H30N2O3/c1-3-16(2)9-12-18(13-10-16)15(21)17-11-7-5-4-6-8-14(19)20/h3-13H2,1-2H3,(H,17,21)(H,19,20).